The highest BCUT2D eigenvalue weighted by atomic mass is 35.5. The molecule has 0 spiro atoms. The number of aromatic nitrogens is 2. The summed E-state index contributed by atoms with van der Waals surface area (Å²) in [6.07, 6.45) is 8.50. The number of carbonyl (C=O) groups is 1. The average molecular weight is 442 g/mol. The van der Waals surface area contributed by atoms with Crippen molar-refractivity contribution >= 4 is 49.1 Å². The Bertz CT molecular complexity index is 537. The molecule has 156 valence electrons. The molecule has 2 aliphatic rings. The van der Waals surface area contributed by atoms with Gasteiger partial charge < -0.3 is 16.0 Å². The molecule has 0 aromatic carbocycles. The lowest BCUT2D eigenvalue weighted by atomic mass is 9.82. The standard InChI is InChI=1S/C17H28N6O.3ClH/c18-17(5-2-1-3-6-17)15(24)19-9-10-22-11-13-23(14-12-22)16-20-7-4-8-21-16;;;/h4,7-8H,1-3,5-6,9-14,18H2,(H,19,24);3*1H. The van der Waals surface area contributed by atoms with E-state index in [1.165, 1.54) is 6.42 Å². The number of carbonyl (C=O) groups excluding carboxylic acids is 1. The van der Waals surface area contributed by atoms with Gasteiger partial charge in [0.25, 0.3) is 0 Å². The van der Waals surface area contributed by atoms with Crippen LogP contribution in [0.1, 0.15) is 32.1 Å². The van der Waals surface area contributed by atoms with E-state index in [1.807, 2.05) is 6.07 Å². The van der Waals surface area contributed by atoms with Gasteiger partial charge in [0, 0.05) is 51.7 Å². The van der Waals surface area contributed by atoms with Crippen LogP contribution in [0.2, 0.25) is 0 Å². The van der Waals surface area contributed by atoms with Crippen molar-refractivity contribution < 1.29 is 4.79 Å². The lowest BCUT2D eigenvalue weighted by molar-refractivity contribution is -0.127. The predicted octanol–water partition coefficient (Wildman–Crippen LogP) is 1.64. The molecule has 2 fully saturated rings. The van der Waals surface area contributed by atoms with Gasteiger partial charge in [-0.2, -0.15) is 0 Å². The lowest BCUT2D eigenvalue weighted by Gasteiger charge is -2.35. The molecule has 1 aliphatic heterocycles. The first-order valence-electron chi connectivity index (χ1n) is 8.99. The van der Waals surface area contributed by atoms with Crippen molar-refractivity contribution in [2.45, 2.75) is 37.6 Å². The Kier molecular flexibility index (Phi) is 12.2. The molecule has 0 bridgehead atoms. The summed E-state index contributed by atoms with van der Waals surface area (Å²) < 4.78 is 0. The second-order valence-corrected chi connectivity index (χ2v) is 6.85. The monoisotopic (exact) mass is 440 g/mol. The molecule has 1 amide bonds. The van der Waals surface area contributed by atoms with Crippen molar-refractivity contribution in [1.82, 2.24) is 20.2 Å². The zero-order chi connectivity index (χ0) is 16.8. The maximum absolute atomic E-state index is 12.3. The smallest absolute Gasteiger partial charge is 0.240 e. The maximum atomic E-state index is 12.3. The van der Waals surface area contributed by atoms with Crippen LogP contribution in [-0.4, -0.2) is 65.6 Å². The topological polar surface area (TPSA) is 87.4 Å². The van der Waals surface area contributed by atoms with Gasteiger partial charge in [-0.1, -0.05) is 19.3 Å². The van der Waals surface area contributed by atoms with E-state index in [0.717, 1.165) is 64.4 Å². The van der Waals surface area contributed by atoms with Gasteiger partial charge in [-0.25, -0.2) is 9.97 Å². The third-order valence-electron chi connectivity index (χ3n) is 5.12. The summed E-state index contributed by atoms with van der Waals surface area (Å²) in [7, 11) is 0. The fourth-order valence-electron chi connectivity index (χ4n) is 3.54. The zero-order valence-electron chi connectivity index (χ0n) is 15.5. The Labute approximate surface area is 180 Å². The highest BCUT2D eigenvalue weighted by molar-refractivity contribution is 5.86. The number of nitrogens with zero attached hydrogens (tertiary/aromatic N) is 4. The minimum atomic E-state index is -0.637. The first-order chi connectivity index (χ1) is 11.7. The minimum absolute atomic E-state index is 0. The highest BCUT2D eigenvalue weighted by Gasteiger charge is 2.34. The molecule has 2 heterocycles. The number of nitrogens with one attached hydrogen (secondary N) is 1. The fraction of sp³-hybridized carbons (Fsp3) is 0.706. The van der Waals surface area contributed by atoms with E-state index >= 15 is 0 Å². The molecule has 0 radical (unpaired) electrons. The van der Waals surface area contributed by atoms with E-state index in [-0.39, 0.29) is 43.1 Å². The van der Waals surface area contributed by atoms with Crippen LogP contribution in [0.3, 0.4) is 0 Å². The third kappa shape index (κ3) is 7.23. The van der Waals surface area contributed by atoms with Gasteiger partial charge in [0.15, 0.2) is 0 Å². The van der Waals surface area contributed by atoms with Gasteiger partial charge in [-0.05, 0) is 18.9 Å². The van der Waals surface area contributed by atoms with Crippen LogP contribution in [0.25, 0.3) is 0 Å². The van der Waals surface area contributed by atoms with E-state index in [9.17, 15) is 4.79 Å². The van der Waals surface area contributed by atoms with Gasteiger partial charge in [0.2, 0.25) is 11.9 Å². The van der Waals surface area contributed by atoms with E-state index in [4.69, 9.17) is 5.73 Å². The van der Waals surface area contributed by atoms with Crippen LogP contribution < -0.4 is 16.0 Å². The third-order valence-corrected chi connectivity index (χ3v) is 5.12. The van der Waals surface area contributed by atoms with Crippen molar-refractivity contribution in [2.24, 2.45) is 5.73 Å². The van der Waals surface area contributed by atoms with Crippen molar-refractivity contribution in [1.29, 1.82) is 0 Å². The van der Waals surface area contributed by atoms with Crippen LogP contribution in [0, 0.1) is 0 Å². The molecule has 0 unspecified atom stereocenters. The Morgan fingerprint density at radius 1 is 1.04 bits per heavy atom. The van der Waals surface area contributed by atoms with Crippen molar-refractivity contribution in [3.8, 4) is 0 Å². The van der Waals surface area contributed by atoms with Crippen LogP contribution in [0.5, 0.6) is 0 Å². The molecule has 3 rings (SSSR count). The van der Waals surface area contributed by atoms with Gasteiger partial charge in [0.05, 0.1) is 5.54 Å². The molecule has 1 aliphatic carbocycles. The largest absolute Gasteiger partial charge is 0.353 e. The molecule has 1 saturated heterocycles. The van der Waals surface area contributed by atoms with Crippen molar-refractivity contribution in [3.63, 3.8) is 0 Å². The molecule has 7 nitrogen and oxygen atoms in total. The second-order valence-electron chi connectivity index (χ2n) is 6.85. The molecule has 27 heavy (non-hydrogen) atoms. The molecule has 3 N–H and O–H groups in total. The number of anilines is 1. The average Bonchev–Trinajstić information content (AvgIpc) is 2.63. The van der Waals surface area contributed by atoms with Crippen LogP contribution in [0.4, 0.5) is 5.95 Å². The van der Waals surface area contributed by atoms with Crippen LogP contribution in [0.15, 0.2) is 18.5 Å². The van der Waals surface area contributed by atoms with Gasteiger partial charge >= 0.3 is 0 Å². The molecule has 0 atom stereocenters. The van der Waals surface area contributed by atoms with Crippen LogP contribution >= 0.6 is 37.2 Å². The summed E-state index contributed by atoms with van der Waals surface area (Å²) in [5.41, 5.74) is 5.62. The highest BCUT2D eigenvalue weighted by Crippen LogP contribution is 2.25. The quantitative estimate of drug-likeness (QED) is 0.722. The zero-order valence-corrected chi connectivity index (χ0v) is 18.0. The molecule has 10 heteroatoms. The Balaban J connectivity index is 0.00000225. The SMILES string of the molecule is Cl.Cl.Cl.NC1(C(=O)NCCN2CCN(c3ncccn3)CC2)CCCCC1. The van der Waals surface area contributed by atoms with E-state index in [2.05, 4.69) is 25.1 Å². The van der Waals surface area contributed by atoms with E-state index < -0.39 is 5.54 Å². The minimum Gasteiger partial charge on any atom is -0.353 e. The number of halogens is 3. The number of nitrogens with two attached hydrogens (primary N) is 1. The Morgan fingerprint density at radius 2 is 1.63 bits per heavy atom. The van der Waals surface area contributed by atoms with E-state index in [0.29, 0.717) is 6.54 Å². The predicted molar refractivity (Wildman–Crippen MR) is 115 cm³/mol. The molecular weight excluding hydrogens is 411 g/mol. The number of piperazine rings is 1. The van der Waals surface area contributed by atoms with Gasteiger partial charge in [0.1, 0.15) is 0 Å². The van der Waals surface area contributed by atoms with Gasteiger partial charge in [-0.15, -0.1) is 37.2 Å². The Morgan fingerprint density at radius 3 is 2.22 bits per heavy atom. The summed E-state index contributed by atoms with van der Waals surface area (Å²) in [6, 6.07) is 1.83. The fourth-order valence-corrected chi connectivity index (χ4v) is 3.54. The normalized spacial score (nSPS) is 19.1. The lowest BCUT2D eigenvalue weighted by Crippen LogP contribution is -2.56. The Hall–Kier alpha value is -0.860. The maximum Gasteiger partial charge on any atom is 0.240 e. The summed E-state index contributed by atoms with van der Waals surface area (Å²) in [5.74, 6) is 0.825. The van der Waals surface area contributed by atoms with Gasteiger partial charge in [-0.3, -0.25) is 9.69 Å². The van der Waals surface area contributed by atoms with E-state index in [1.54, 1.807) is 12.4 Å². The number of hydrogen-bond donors (Lipinski definition) is 2. The number of hydrogen-bond acceptors (Lipinski definition) is 6. The summed E-state index contributed by atoms with van der Waals surface area (Å²) in [5, 5.41) is 3.04. The second kappa shape index (κ2) is 12.6. The summed E-state index contributed by atoms with van der Waals surface area (Å²) in [6.45, 7) is 5.28. The van der Waals surface area contributed by atoms with Crippen molar-refractivity contribution in [2.75, 3.05) is 44.2 Å². The number of amides is 1. The number of rotatable bonds is 5. The molecular formula is C17H31Cl3N6O. The molecule has 1 aromatic rings. The summed E-state index contributed by atoms with van der Waals surface area (Å²) >= 11 is 0. The molecule has 1 aromatic heterocycles. The first-order valence-corrected chi connectivity index (χ1v) is 8.99. The molecule has 1 saturated carbocycles. The summed E-state index contributed by atoms with van der Waals surface area (Å²) in [4.78, 5) is 25.5. The van der Waals surface area contributed by atoms with Crippen molar-refractivity contribution in [3.05, 3.63) is 18.5 Å². The first kappa shape index (κ1) is 26.1. The van der Waals surface area contributed by atoms with Crippen LogP contribution in [-0.2, 0) is 4.79 Å².